The van der Waals surface area contributed by atoms with Crippen molar-refractivity contribution >= 4 is 18.1 Å². The van der Waals surface area contributed by atoms with Gasteiger partial charge >= 0.3 is 5.97 Å². The largest absolute Gasteiger partial charge is 0.480 e. The molecule has 4 N–H and O–H groups in total. The Kier molecular flexibility index (Phi) is 11.9. The number of rotatable bonds is 8. The Labute approximate surface area is 185 Å². The summed E-state index contributed by atoms with van der Waals surface area (Å²) in [6, 6.07) is 7.96. The molecule has 1 saturated heterocycles. The smallest absolute Gasteiger partial charge is 0.317 e. The Morgan fingerprint density at radius 3 is 2.45 bits per heavy atom. The van der Waals surface area contributed by atoms with E-state index in [0.717, 1.165) is 83.9 Å². The Morgan fingerprint density at radius 2 is 1.71 bits per heavy atom. The highest BCUT2D eigenvalue weighted by atomic mass is 16.5. The molecule has 9 heteroatoms. The number of hydrogen-bond acceptors (Lipinski definition) is 8. The predicted molar refractivity (Wildman–Crippen MR) is 121 cm³/mol. The summed E-state index contributed by atoms with van der Waals surface area (Å²) in [6.45, 7) is 8.26. The molecule has 0 unspecified atom stereocenters. The van der Waals surface area contributed by atoms with E-state index < -0.39 is 5.97 Å². The average Bonchev–Trinajstić information content (AvgIpc) is 2.75. The lowest BCUT2D eigenvalue weighted by molar-refractivity contribution is -0.138. The number of nitrogens with two attached hydrogens (primary N) is 1. The second-order valence-electron chi connectivity index (χ2n) is 7.97. The summed E-state index contributed by atoms with van der Waals surface area (Å²) in [5, 5.41) is 12.6. The molecule has 174 valence electrons. The monoisotopic (exact) mass is 435 g/mol. The molecule has 1 aromatic carbocycles. The Morgan fingerprint density at radius 1 is 1.00 bits per heavy atom. The number of nitrogens with one attached hydrogen (secondary N) is 1. The van der Waals surface area contributed by atoms with Crippen LogP contribution in [0, 0.1) is 0 Å². The van der Waals surface area contributed by atoms with E-state index in [1.54, 1.807) is 0 Å². The van der Waals surface area contributed by atoms with E-state index in [2.05, 4.69) is 27.2 Å². The van der Waals surface area contributed by atoms with Gasteiger partial charge in [-0.05, 0) is 56.6 Å². The van der Waals surface area contributed by atoms with E-state index in [-0.39, 0.29) is 6.54 Å². The van der Waals surface area contributed by atoms with Gasteiger partial charge in [0.2, 0.25) is 0 Å². The number of hydrogen-bond donors (Lipinski definition) is 3. The molecule has 1 aliphatic rings. The Hall–Kier alpha value is -2.20. The summed E-state index contributed by atoms with van der Waals surface area (Å²) in [5.74, 6) is -0.784. The number of ether oxygens (including phenoxy) is 1. The first-order valence-corrected chi connectivity index (χ1v) is 11.1. The molecule has 9 nitrogen and oxygen atoms in total. The number of nitrogen functional groups attached to an aromatic ring is 1. The maximum atomic E-state index is 11.3. The summed E-state index contributed by atoms with van der Waals surface area (Å²) >= 11 is 0. The molecule has 0 spiro atoms. The number of aliphatic carboxylic acids is 1. The van der Waals surface area contributed by atoms with Crippen molar-refractivity contribution in [2.75, 3.05) is 77.9 Å². The topological polar surface area (TPSA) is 111 Å². The normalized spacial score (nSPS) is 18.8. The highest BCUT2D eigenvalue weighted by Crippen LogP contribution is 2.08. The number of benzene rings is 1. The number of anilines is 1. The minimum Gasteiger partial charge on any atom is -0.480 e. The summed E-state index contributed by atoms with van der Waals surface area (Å²) in [6.07, 6.45) is 2.76. The summed E-state index contributed by atoms with van der Waals surface area (Å²) < 4.78 is 4.97. The first kappa shape index (κ1) is 25.1. The zero-order valence-corrected chi connectivity index (χ0v) is 18.4. The molecule has 1 aliphatic heterocycles. The maximum Gasteiger partial charge on any atom is 0.317 e. The van der Waals surface area contributed by atoms with E-state index in [1.165, 1.54) is 5.56 Å². The van der Waals surface area contributed by atoms with Gasteiger partial charge in [0.15, 0.2) is 0 Å². The third-order valence-corrected chi connectivity index (χ3v) is 5.49. The van der Waals surface area contributed by atoms with Gasteiger partial charge in [0.25, 0.3) is 6.47 Å². The molecule has 0 atom stereocenters. The SMILES string of the molecule is Nc1ccc(CCN2CCCN(COC=O)CCNCCCN(CC(=O)O)CC2)cc1. The fourth-order valence-corrected chi connectivity index (χ4v) is 3.74. The van der Waals surface area contributed by atoms with Crippen LogP contribution < -0.4 is 11.1 Å². The van der Waals surface area contributed by atoms with Crippen molar-refractivity contribution in [2.45, 2.75) is 19.3 Å². The Bertz CT molecular complexity index is 643. The van der Waals surface area contributed by atoms with Gasteiger partial charge in [0.05, 0.1) is 6.54 Å². The summed E-state index contributed by atoms with van der Waals surface area (Å²) in [5.41, 5.74) is 7.79. The third kappa shape index (κ3) is 11.1. The number of carbonyl (C=O) groups is 2. The van der Waals surface area contributed by atoms with E-state index in [0.29, 0.717) is 13.2 Å². The van der Waals surface area contributed by atoms with Crippen molar-refractivity contribution in [3.05, 3.63) is 29.8 Å². The summed E-state index contributed by atoms with van der Waals surface area (Å²) in [4.78, 5) is 28.4. The van der Waals surface area contributed by atoms with Crippen LogP contribution >= 0.6 is 0 Å². The maximum absolute atomic E-state index is 11.3. The van der Waals surface area contributed by atoms with Gasteiger partial charge < -0.3 is 25.8 Å². The van der Waals surface area contributed by atoms with Crippen molar-refractivity contribution < 1.29 is 19.4 Å². The molecule has 1 heterocycles. The quantitative estimate of drug-likeness (QED) is 0.392. The lowest BCUT2D eigenvalue weighted by Crippen LogP contribution is -2.42. The van der Waals surface area contributed by atoms with Crippen LogP contribution in [-0.2, 0) is 20.7 Å². The van der Waals surface area contributed by atoms with Crippen LogP contribution in [0.5, 0.6) is 0 Å². The fraction of sp³-hybridized carbons (Fsp3) is 0.636. The van der Waals surface area contributed by atoms with Crippen molar-refractivity contribution in [2.24, 2.45) is 0 Å². The van der Waals surface area contributed by atoms with Gasteiger partial charge in [-0.15, -0.1) is 0 Å². The molecule has 0 amide bonds. The minimum atomic E-state index is -0.784. The molecule has 0 radical (unpaired) electrons. The van der Waals surface area contributed by atoms with Gasteiger partial charge in [-0.3, -0.25) is 19.4 Å². The standard InChI is InChI=1S/C22H37N5O4/c23-21-5-3-20(4-6-21)7-13-25-11-2-12-27(18-31-19-28)14-9-24-8-1-10-26(16-15-25)17-22(29)30/h3-6,19,24H,1-2,7-18,23H2,(H,29,30). The van der Waals surface area contributed by atoms with Crippen LogP contribution in [0.2, 0.25) is 0 Å². The van der Waals surface area contributed by atoms with Crippen LogP contribution in [0.1, 0.15) is 18.4 Å². The second kappa shape index (κ2) is 14.7. The number of carbonyl (C=O) groups excluding carboxylic acids is 1. The molecular weight excluding hydrogens is 398 g/mol. The molecule has 1 aromatic rings. The molecule has 2 rings (SSSR count). The van der Waals surface area contributed by atoms with Crippen molar-refractivity contribution in [1.82, 2.24) is 20.0 Å². The van der Waals surface area contributed by atoms with Crippen molar-refractivity contribution in [1.29, 1.82) is 0 Å². The predicted octanol–water partition coefficient (Wildman–Crippen LogP) is 0.316. The number of carboxylic acids is 1. The van der Waals surface area contributed by atoms with Gasteiger partial charge in [-0.2, -0.15) is 0 Å². The van der Waals surface area contributed by atoms with E-state index in [4.69, 9.17) is 10.5 Å². The van der Waals surface area contributed by atoms with Crippen LogP contribution in [0.15, 0.2) is 24.3 Å². The lowest BCUT2D eigenvalue weighted by atomic mass is 10.1. The average molecular weight is 436 g/mol. The zero-order chi connectivity index (χ0) is 22.3. The highest BCUT2D eigenvalue weighted by Gasteiger charge is 2.14. The summed E-state index contributed by atoms with van der Waals surface area (Å²) in [7, 11) is 0. The number of nitrogens with zero attached hydrogens (tertiary/aromatic N) is 3. The molecule has 0 aliphatic carbocycles. The zero-order valence-electron chi connectivity index (χ0n) is 18.4. The highest BCUT2D eigenvalue weighted by molar-refractivity contribution is 5.69. The first-order chi connectivity index (χ1) is 15.1. The molecule has 31 heavy (non-hydrogen) atoms. The Balaban J connectivity index is 1.96. The fourth-order valence-electron chi connectivity index (χ4n) is 3.74. The van der Waals surface area contributed by atoms with E-state index >= 15 is 0 Å². The minimum absolute atomic E-state index is 0.0720. The van der Waals surface area contributed by atoms with Crippen LogP contribution in [-0.4, -0.2) is 104 Å². The number of carboxylic acid groups (broad SMARTS) is 1. The van der Waals surface area contributed by atoms with Crippen LogP contribution in [0.4, 0.5) is 5.69 Å². The van der Waals surface area contributed by atoms with Crippen molar-refractivity contribution in [3.8, 4) is 0 Å². The van der Waals surface area contributed by atoms with Gasteiger partial charge in [0, 0.05) is 45.0 Å². The first-order valence-electron chi connectivity index (χ1n) is 11.1. The van der Waals surface area contributed by atoms with Gasteiger partial charge in [-0.25, -0.2) is 0 Å². The third-order valence-electron chi connectivity index (χ3n) is 5.49. The molecule has 0 bridgehead atoms. The van der Waals surface area contributed by atoms with Crippen LogP contribution in [0.25, 0.3) is 0 Å². The molecular formula is C22H37N5O4. The second-order valence-corrected chi connectivity index (χ2v) is 7.97. The van der Waals surface area contributed by atoms with Gasteiger partial charge in [-0.1, -0.05) is 12.1 Å². The van der Waals surface area contributed by atoms with Crippen molar-refractivity contribution in [3.63, 3.8) is 0 Å². The molecule has 0 aromatic heterocycles. The van der Waals surface area contributed by atoms with Crippen LogP contribution in [0.3, 0.4) is 0 Å². The molecule has 1 fully saturated rings. The van der Waals surface area contributed by atoms with Gasteiger partial charge in [0.1, 0.15) is 6.73 Å². The molecule has 0 saturated carbocycles. The lowest BCUT2D eigenvalue weighted by Gasteiger charge is -2.29. The van der Waals surface area contributed by atoms with E-state index in [9.17, 15) is 14.7 Å². The van der Waals surface area contributed by atoms with E-state index in [1.807, 2.05) is 17.0 Å².